The van der Waals surface area contributed by atoms with E-state index in [1.165, 1.54) is 55.7 Å². The normalized spacial score (nSPS) is 13.3. The number of hydrazone groups is 1. The van der Waals surface area contributed by atoms with Crippen LogP contribution in [0.2, 0.25) is 0 Å². The number of halogens is 2. The number of rotatable bonds is 10. The highest BCUT2D eigenvalue weighted by atomic mass is 19.3. The van der Waals surface area contributed by atoms with Gasteiger partial charge in [0.2, 0.25) is 5.91 Å². The maximum atomic E-state index is 12.6. The summed E-state index contributed by atoms with van der Waals surface area (Å²) in [7, 11) is 1.47. The van der Waals surface area contributed by atoms with E-state index in [4.69, 9.17) is 9.84 Å². The summed E-state index contributed by atoms with van der Waals surface area (Å²) in [6.07, 6.45) is 3.51. The lowest BCUT2D eigenvalue weighted by Crippen LogP contribution is -2.21. The van der Waals surface area contributed by atoms with Gasteiger partial charge in [-0.25, -0.2) is 5.01 Å². The van der Waals surface area contributed by atoms with Gasteiger partial charge in [0.05, 0.1) is 12.8 Å². The number of alkyl halides is 2. The molecule has 2 aromatic rings. The number of aliphatic hydroxyl groups excluding tert-OH is 1. The molecule has 0 aliphatic heterocycles. The van der Waals surface area contributed by atoms with Crippen LogP contribution >= 0.6 is 0 Å². The summed E-state index contributed by atoms with van der Waals surface area (Å²) in [5.74, 6) is -0.398. The van der Waals surface area contributed by atoms with E-state index in [1.54, 1.807) is 0 Å². The van der Waals surface area contributed by atoms with E-state index in [0.717, 1.165) is 17.9 Å². The topological polar surface area (TPSA) is 100 Å². The molecule has 1 aliphatic rings. The van der Waals surface area contributed by atoms with E-state index in [0.29, 0.717) is 29.3 Å². The van der Waals surface area contributed by atoms with Crippen LogP contribution in [-0.2, 0) is 4.79 Å². The zero-order valence-electron chi connectivity index (χ0n) is 17.3. The van der Waals surface area contributed by atoms with Gasteiger partial charge in [-0.2, -0.15) is 13.9 Å². The molecule has 0 bridgehead atoms. The molecule has 0 spiro atoms. The van der Waals surface area contributed by atoms with Crippen LogP contribution in [0.15, 0.2) is 47.6 Å². The van der Waals surface area contributed by atoms with E-state index in [9.17, 15) is 18.4 Å². The number of aliphatic hydroxyl groups is 1. The third-order valence-corrected chi connectivity index (χ3v) is 4.59. The molecular weight excluding hydrogens is 424 g/mol. The Labute approximate surface area is 183 Å². The highest BCUT2D eigenvalue weighted by Crippen LogP contribution is 2.34. The van der Waals surface area contributed by atoms with Gasteiger partial charge in [-0.05, 0) is 66.8 Å². The summed E-state index contributed by atoms with van der Waals surface area (Å²) >= 11 is 0. The molecule has 0 unspecified atom stereocenters. The number of nitrogens with zero attached hydrogens (tertiary/aromatic N) is 2. The second-order valence-electron chi connectivity index (χ2n) is 7.20. The molecule has 2 N–H and O–H groups in total. The van der Waals surface area contributed by atoms with Gasteiger partial charge in [-0.3, -0.25) is 9.59 Å². The van der Waals surface area contributed by atoms with Gasteiger partial charge in [-0.1, -0.05) is 0 Å². The largest absolute Gasteiger partial charge is 0.489 e. The van der Waals surface area contributed by atoms with Gasteiger partial charge < -0.3 is 19.9 Å². The molecule has 0 radical (unpaired) electrons. The maximum Gasteiger partial charge on any atom is 0.387 e. The summed E-state index contributed by atoms with van der Waals surface area (Å²) in [5.41, 5.74) is 1.32. The summed E-state index contributed by atoms with van der Waals surface area (Å²) in [6.45, 7) is -3.18. The Hall–Kier alpha value is -3.53. The number of benzene rings is 2. The molecule has 0 atom stereocenters. The SMILES string of the molecule is CN(N=Cc1ccc(OC(F)F)c(OCC2CC2)c1)C(=O)c1ccc(NC(=O)CO)cc1. The van der Waals surface area contributed by atoms with Crippen molar-refractivity contribution in [3.63, 3.8) is 0 Å². The second-order valence-corrected chi connectivity index (χ2v) is 7.20. The molecule has 0 aromatic heterocycles. The quantitative estimate of drug-likeness (QED) is 0.431. The Morgan fingerprint density at radius 3 is 2.56 bits per heavy atom. The smallest absolute Gasteiger partial charge is 0.387 e. The lowest BCUT2D eigenvalue weighted by atomic mass is 10.2. The van der Waals surface area contributed by atoms with Crippen molar-refractivity contribution in [2.24, 2.45) is 11.0 Å². The third kappa shape index (κ3) is 6.74. The molecule has 2 amide bonds. The molecule has 1 saturated carbocycles. The van der Waals surface area contributed by atoms with E-state index in [2.05, 4.69) is 15.2 Å². The molecule has 0 saturated heterocycles. The van der Waals surface area contributed by atoms with Gasteiger partial charge in [0.1, 0.15) is 6.61 Å². The average molecular weight is 447 g/mol. The number of amides is 2. The van der Waals surface area contributed by atoms with E-state index in [-0.39, 0.29) is 11.5 Å². The first-order valence-corrected chi connectivity index (χ1v) is 9.90. The summed E-state index contributed by atoms with van der Waals surface area (Å²) in [5, 5.41) is 16.4. The first-order chi connectivity index (χ1) is 15.4. The minimum Gasteiger partial charge on any atom is -0.489 e. The van der Waals surface area contributed by atoms with Crippen LogP contribution in [0.25, 0.3) is 0 Å². The van der Waals surface area contributed by atoms with Crippen LogP contribution in [0.5, 0.6) is 11.5 Å². The van der Waals surface area contributed by atoms with Gasteiger partial charge >= 0.3 is 6.61 Å². The second kappa shape index (κ2) is 10.7. The van der Waals surface area contributed by atoms with Crippen molar-refractivity contribution in [2.75, 3.05) is 25.6 Å². The fourth-order valence-corrected chi connectivity index (χ4v) is 2.69. The third-order valence-electron chi connectivity index (χ3n) is 4.59. The van der Waals surface area contributed by atoms with E-state index in [1.807, 2.05) is 0 Å². The van der Waals surface area contributed by atoms with Crippen molar-refractivity contribution in [1.82, 2.24) is 5.01 Å². The van der Waals surface area contributed by atoms with Crippen molar-refractivity contribution >= 4 is 23.7 Å². The Bertz CT molecular complexity index is 978. The molecule has 10 heteroatoms. The zero-order valence-corrected chi connectivity index (χ0v) is 17.3. The van der Waals surface area contributed by atoms with Gasteiger partial charge in [-0.15, -0.1) is 0 Å². The van der Waals surface area contributed by atoms with Gasteiger partial charge in [0, 0.05) is 18.3 Å². The monoisotopic (exact) mass is 447 g/mol. The molecule has 0 heterocycles. The van der Waals surface area contributed by atoms with Crippen molar-refractivity contribution < 1.29 is 33.0 Å². The Kier molecular flexibility index (Phi) is 7.72. The number of nitrogens with one attached hydrogen (secondary N) is 1. The molecular formula is C22H23F2N3O5. The Morgan fingerprint density at radius 2 is 1.94 bits per heavy atom. The Morgan fingerprint density at radius 1 is 1.22 bits per heavy atom. The van der Waals surface area contributed by atoms with Crippen LogP contribution in [0.3, 0.4) is 0 Å². The number of carbonyl (C=O) groups is 2. The highest BCUT2D eigenvalue weighted by Gasteiger charge is 2.23. The fraction of sp³-hybridized carbons (Fsp3) is 0.318. The molecule has 170 valence electrons. The number of ether oxygens (including phenoxy) is 2. The van der Waals surface area contributed by atoms with Crippen molar-refractivity contribution in [3.05, 3.63) is 53.6 Å². The van der Waals surface area contributed by atoms with Crippen molar-refractivity contribution in [1.29, 1.82) is 0 Å². The predicted octanol–water partition coefficient (Wildman–Crippen LogP) is 3.11. The Balaban J connectivity index is 1.66. The molecule has 32 heavy (non-hydrogen) atoms. The number of hydrogen-bond acceptors (Lipinski definition) is 6. The molecule has 2 aromatic carbocycles. The van der Waals surface area contributed by atoms with Crippen molar-refractivity contribution in [3.8, 4) is 11.5 Å². The van der Waals surface area contributed by atoms with Crippen LogP contribution in [0, 0.1) is 5.92 Å². The highest BCUT2D eigenvalue weighted by molar-refractivity contribution is 5.96. The molecule has 3 rings (SSSR count). The predicted molar refractivity (Wildman–Crippen MR) is 113 cm³/mol. The van der Waals surface area contributed by atoms with Crippen LogP contribution in [0.1, 0.15) is 28.8 Å². The van der Waals surface area contributed by atoms with Crippen molar-refractivity contribution in [2.45, 2.75) is 19.5 Å². The van der Waals surface area contributed by atoms with E-state index < -0.39 is 25.0 Å². The van der Waals surface area contributed by atoms with Gasteiger partial charge in [0.15, 0.2) is 11.5 Å². The first kappa shape index (κ1) is 23.1. The lowest BCUT2D eigenvalue weighted by Gasteiger charge is -2.13. The summed E-state index contributed by atoms with van der Waals surface area (Å²) in [4.78, 5) is 23.7. The standard InChI is InChI=1S/C22H23F2N3O5/c1-27(21(30)16-5-7-17(8-6-16)26-20(29)12-28)25-11-15-4-9-18(32-22(23)24)19(10-15)31-13-14-2-3-14/h4-11,14,22,28H,2-3,12-13H2,1H3,(H,26,29). The fourth-order valence-electron chi connectivity index (χ4n) is 2.69. The van der Waals surface area contributed by atoms with E-state index >= 15 is 0 Å². The number of hydrogen-bond donors (Lipinski definition) is 2. The number of carbonyl (C=O) groups excluding carboxylic acids is 2. The van der Waals surface area contributed by atoms with Crippen LogP contribution in [0.4, 0.5) is 14.5 Å². The maximum absolute atomic E-state index is 12.6. The van der Waals surface area contributed by atoms with Gasteiger partial charge in [0.25, 0.3) is 5.91 Å². The minimum atomic E-state index is -2.97. The summed E-state index contributed by atoms with van der Waals surface area (Å²) < 4.78 is 35.4. The lowest BCUT2D eigenvalue weighted by molar-refractivity contribution is -0.118. The van der Waals surface area contributed by atoms with Crippen LogP contribution in [-0.4, -0.2) is 55.0 Å². The molecule has 8 nitrogen and oxygen atoms in total. The minimum absolute atomic E-state index is 0.0596. The summed E-state index contributed by atoms with van der Waals surface area (Å²) in [6, 6.07) is 10.5. The van der Waals surface area contributed by atoms with Crippen LogP contribution < -0.4 is 14.8 Å². The molecule has 1 aliphatic carbocycles. The number of anilines is 1. The first-order valence-electron chi connectivity index (χ1n) is 9.90. The average Bonchev–Trinajstić information content (AvgIpc) is 3.61. The zero-order chi connectivity index (χ0) is 23.1. The molecule has 1 fully saturated rings.